The monoisotopic (exact) mass is 163 g/mol. The van der Waals surface area contributed by atoms with Gasteiger partial charge in [-0.1, -0.05) is 37.6 Å². The Morgan fingerprint density at radius 2 is 2.33 bits per heavy atom. The standard InChI is InChI=1S/C11H17N/c1-2-3-10-12-11-8-6-4-5-7-9-11/h4-6,8-9,12H,2-3,7,10H2,1H3. The third kappa shape index (κ3) is 3.42. The molecule has 0 saturated carbocycles. The maximum Gasteiger partial charge on any atom is 0.0302 e. The molecule has 0 atom stereocenters. The van der Waals surface area contributed by atoms with Gasteiger partial charge in [-0.25, -0.2) is 0 Å². The molecular formula is C11H17N. The zero-order chi connectivity index (χ0) is 8.65. The van der Waals surface area contributed by atoms with E-state index in [1.54, 1.807) is 0 Å². The molecule has 0 aromatic heterocycles. The van der Waals surface area contributed by atoms with E-state index >= 15 is 0 Å². The zero-order valence-corrected chi connectivity index (χ0v) is 7.72. The average Bonchev–Trinajstić information content (AvgIpc) is 2.33. The van der Waals surface area contributed by atoms with Gasteiger partial charge in [0.2, 0.25) is 0 Å². The second-order valence-electron chi connectivity index (χ2n) is 2.96. The van der Waals surface area contributed by atoms with Gasteiger partial charge in [0, 0.05) is 12.2 Å². The lowest BCUT2D eigenvalue weighted by molar-refractivity contribution is 0.718. The Morgan fingerprint density at radius 3 is 3.17 bits per heavy atom. The van der Waals surface area contributed by atoms with Gasteiger partial charge in [0.1, 0.15) is 0 Å². The molecule has 0 aromatic carbocycles. The van der Waals surface area contributed by atoms with Crippen molar-refractivity contribution < 1.29 is 0 Å². The highest BCUT2D eigenvalue weighted by Crippen LogP contribution is 2.01. The zero-order valence-electron chi connectivity index (χ0n) is 7.72. The summed E-state index contributed by atoms with van der Waals surface area (Å²) in [5.74, 6) is 0. The summed E-state index contributed by atoms with van der Waals surface area (Å²) >= 11 is 0. The van der Waals surface area contributed by atoms with E-state index in [1.807, 2.05) is 0 Å². The van der Waals surface area contributed by atoms with Crippen molar-refractivity contribution in [3.63, 3.8) is 0 Å². The maximum absolute atomic E-state index is 3.40. The molecule has 0 fully saturated rings. The van der Waals surface area contributed by atoms with E-state index < -0.39 is 0 Å². The summed E-state index contributed by atoms with van der Waals surface area (Å²) < 4.78 is 0. The van der Waals surface area contributed by atoms with Crippen molar-refractivity contribution in [3.05, 3.63) is 36.1 Å². The lowest BCUT2D eigenvalue weighted by Gasteiger charge is -2.04. The smallest absolute Gasteiger partial charge is 0.0302 e. The first-order valence-electron chi connectivity index (χ1n) is 4.70. The van der Waals surface area contributed by atoms with Crippen molar-refractivity contribution in [2.24, 2.45) is 0 Å². The molecule has 0 aromatic rings. The molecule has 0 unspecified atom stereocenters. The van der Waals surface area contributed by atoms with Crippen LogP contribution in [0.4, 0.5) is 0 Å². The summed E-state index contributed by atoms with van der Waals surface area (Å²) in [6.07, 6.45) is 14.2. The van der Waals surface area contributed by atoms with Crippen LogP contribution in [0.2, 0.25) is 0 Å². The number of unbranched alkanes of at least 4 members (excludes halogenated alkanes) is 1. The fourth-order valence-corrected chi connectivity index (χ4v) is 1.12. The summed E-state index contributed by atoms with van der Waals surface area (Å²) in [7, 11) is 0. The molecule has 1 N–H and O–H groups in total. The van der Waals surface area contributed by atoms with E-state index in [4.69, 9.17) is 0 Å². The molecule has 0 amide bonds. The van der Waals surface area contributed by atoms with Crippen LogP contribution in [-0.4, -0.2) is 6.54 Å². The average molecular weight is 163 g/mol. The van der Waals surface area contributed by atoms with E-state index in [0.29, 0.717) is 0 Å². The van der Waals surface area contributed by atoms with Crippen LogP contribution < -0.4 is 5.32 Å². The Kier molecular flexibility index (Phi) is 4.28. The highest BCUT2D eigenvalue weighted by Gasteiger charge is 1.90. The van der Waals surface area contributed by atoms with Crippen molar-refractivity contribution in [2.75, 3.05) is 6.54 Å². The van der Waals surface area contributed by atoms with E-state index in [2.05, 4.69) is 42.6 Å². The number of hydrogen-bond donors (Lipinski definition) is 1. The first kappa shape index (κ1) is 9.11. The minimum Gasteiger partial charge on any atom is -0.385 e. The Hall–Kier alpha value is -0.980. The number of hydrogen-bond acceptors (Lipinski definition) is 1. The molecule has 1 aliphatic rings. The second-order valence-corrected chi connectivity index (χ2v) is 2.96. The molecule has 0 heterocycles. The summed E-state index contributed by atoms with van der Waals surface area (Å²) in [4.78, 5) is 0. The topological polar surface area (TPSA) is 12.0 Å². The van der Waals surface area contributed by atoms with Crippen LogP contribution in [0.25, 0.3) is 0 Å². The molecule has 66 valence electrons. The lowest BCUT2D eigenvalue weighted by Crippen LogP contribution is -2.12. The molecule has 0 spiro atoms. The molecule has 1 heteroatoms. The van der Waals surface area contributed by atoms with Gasteiger partial charge in [-0.3, -0.25) is 0 Å². The van der Waals surface area contributed by atoms with Crippen LogP contribution in [0.3, 0.4) is 0 Å². The van der Waals surface area contributed by atoms with Gasteiger partial charge in [-0.15, -0.1) is 0 Å². The second kappa shape index (κ2) is 5.64. The van der Waals surface area contributed by atoms with Crippen molar-refractivity contribution in [2.45, 2.75) is 26.2 Å². The maximum atomic E-state index is 3.40. The lowest BCUT2D eigenvalue weighted by atomic mass is 10.3. The fourth-order valence-electron chi connectivity index (χ4n) is 1.12. The number of nitrogens with one attached hydrogen (secondary N) is 1. The summed E-state index contributed by atoms with van der Waals surface area (Å²) in [5.41, 5.74) is 1.26. The molecular weight excluding hydrogens is 146 g/mol. The third-order valence-electron chi connectivity index (χ3n) is 1.86. The summed E-state index contributed by atoms with van der Waals surface area (Å²) in [6, 6.07) is 0. The van der Waals surface area contributed by atoms with Gasteiger partial charge in [0.25, 0.3) is 0 Å². The van der Waals surface area contributed by atoms with Gasteiger partial charge in [0.05, 0.1) is 0 Å². The third-order valence-corrected chi connectivity index (χ3v) is 1.86. The fraction of sp³-hybridized carbons (Fsp3) is 0.455. The Bertz CT molecular complexity index is 199. The van der Waals surface area contributed by atoms with Crippen molar-refractivity contribution >= 4 is 0 Å². The summed E-state index contributed by atoms with van der Waals surface area (Å²) in [6.45, 7) is 3.30. The SMILES string of the molecule is CCCCNC1=CCC=CC=C1. The van der Waals surface area contributed by atoms with E-state index in [0.717, 1.165) is 13.0 Å². The van der Waals surface area contributed by atoms with Crippen molar-refractivity contribution in [1.82, 2.24) is 5.32 Å². The highest BCUT2D eigenvalue weighted by atomic mass is 14.9. The number of allylic oxidation sites excluding steroid dienone is 5. The van der Waals surface area contributed by atoms with Gasteiger partial charge in [0.15, 0.2) is 0 Å². The van der Waals surface area contributed by atoms with Crippen LogP contribution in [0, 0.1) is 0 Å². The summed E-state index contributed by atoms with van der Waals surface area (Å²) in [5, 5.41) is 3.40. The van der Waals surface area contributed by atoms with Crippen LogP contribution in [0.5, 0.6) is 0 Å². The van der Waals surface area contributed by atoms with Gasteiger partial charge < -0.3 is 5.32 Å². The minimum absolute atomic E-state index is 1.04. The van der Waals surface area contributed by atoms with Crippen LogP contribution in [-0.2, 0) is 0 Å². The Morgan fingerprint density at radius 1 is 1.42 bits per heavy atom. The molecule has 0 bridgehead atoms. The largest absolute Gasteiger partial charge is 0.385 e. The molecule has 12 heavy (non-hydrogen) atoms. The first-order chi connectivity index (χ1) is 5.93. The first-order valence-corrected chi connectivity index (χ1v) is 4.70. The van der Waals surface area contributed by atoms with Gasteiger partial charge in [-0.2, -0.15) is 0 Å². The van der Waals surface area contributed by atoms with Crippen molar-refractivity contribution in [3.8, 4) is 0 Å². The Labute approximate surface area is 74.9 Å². The molecule has 0 saturated heterocycles. The molecule has 1 rings (SSSR count). The van der Waals surface area contributed by atoms with Gasteiger partial charge >= 0.3 is 0 Å². The molecule has 0 radical (unpaired) electrons. The van der Waals surface area contributed by atoms with E-state index in [9.17, 15) is 0 Å². The predicted octanol–water partition coefficient (Wildman–Crippen LogP) is 2.78. The quantitative estimate of drug-likeness (QED) is 0.628. The van der Waals surface area contributed by atoms with E-state index in [1.165, 1.54) is 18.5 Å². The van der Waals surface area contributed by atoms with Crippen molar-refractivity contribution in [1.29, 1.82) is 0 Å². The normalized spacial score (nSPS) is 15.6. The number of rotatable bonds is 4. The molecule has 1 nitrogen and oxygen atoms in total. The minimum atomic E-state index is 1.04. The Balaban J connectivity index is 2.27. The predicted molar refractivity (Wildman–Crippen MR) is 53.9 cm³/mol. The van der Waals surface area contributed by atoms with Crippen LogP contribution in [0.15, 0.2) is 36.1 Å². The highest BCUT2D eigenvalue weighted by molar-refractivity contribution is 5.24. The van der Waals surface area contributed by atoms with Crippen LogP contribution >= 0.6 is 0 Å². The van der Waals surface area contributed by atoms with E-state index in [-0.39, 0.29) is 0 Å². The van der Waals surface area contributed by atoms with Gasteiger partial charge in [-0.05, 0) is 18.9 Å². The van der Waals surface area contributed by atoms with Crippen LogP contribution in [0.1, 0.15) is 26.2 Å². The molecule has 1 aliphatic carbocycles. The molecule has 0 aliphatic heterocycles.